The van der Waals surface area contributed by atoms with Gasteiger partial charge in [0.05, 0.1) is 6.10 Å². The smallest absolute Gasteiger partial charge is 0.317 e. The molecule has 20 heavy (non-hydrogen) atoms. The van der Waals surface area contributed by atoms with Crippen LogP contribution < -0.4 is 15.4 Å². The standard InChI is InChI=1S/C15H22N2O3/c1-11-5-3-7-14(12(11)2)20-10-17-15(18)16-9-13-6-4-8-19-13/h3,5,7,13H,4,6,8-10H2,1-2H3,(H2,16,17,18). The molecule has 1 fully saturated rings. The van der Waals surface area contributed by atoms with Crippen LogP contribution in [-0.4, -0.2) is 32.0 Å². The van der Waals surface area contributed by atoms with Crippen LogP contribution in [0.2, 0.25) is 0 Å². The Morgan fingerprint density at radius 3 is 3.00 bits per heavy atom. The number of hydrogen-bond donors (Lipinski definition) is 2. The molecule has 0 spiro atoms. The average molecular weight is 278 g/mol. The predicted molar refractivity (Wildman–Crippen MR) is 76.9 cm³/mol. The number of carbonyl (C=O) groups is 1. The largest absolute Gasteiger partial charge is 0.473 e. The summed E-state index contributed by atoms with van der Waals surface area (Å²) in [6.07, 6.45) is 2.24. The Labute approximate surface area is 119 Å². The lowest BCUT2D eigenvalue weighted by atomic mass is 10.1. The van der Waals surface area contributed by atoms with Crippen molar-refractivity contribution in [2.75, 3.05) is 19.9 Å². The van der Waals surface area contributed by atoms with Gasteiger partial charge in [0.25, 0.3) is 0 Å². The summed E-state index contributed by atoms with van der Waals surface area (Å²) < 4.78 is 11.0. The van der Waals surface area contributed by atoms with Crippen molar-refractivity contribution in [1.29, 1.82) is 0 Å². The minimum Gasteiger partial charge on any atom is -0.473 e. The van der Waals surface area contributed by atoms with E-state index in [0.717, 1.165) is 30.8 Å². The molecule has 1 aromatic carbocycles. The monoisotopic (exact) mass is 278 g/mol. The fraction of sp³-hybridized carbons (Fsp3) is 0.533. The molecule has 1 heterocycles. The summed E-state index contributed by atoms with van der Waals surface area (Å²) in [5.74, 6) is 0.796. The molecule has 110 valence electrons. The molecule has 0 aromatic heterocycles. The number of amides is 2. The highest BCUT2D eigenvalue weighted by molar-refractivity contribution is 5.73. The third kappa shape index (κ3) is 4.13. The van der Waals surface area contributed by atoms with E-state index in [1.54, 1.807) is 0 Å². The summed E-state index contributed by atoms with van der Waals surface area (Å²) in [7, 11) is 0. The number of urea groups is 1. The highest BCUT2D eigenvalue weighted by Gasteiger charge is 2.15. The molecule has 1 atom stereocenters. The van der Waals surface area contributed by atoms with E-state index in [1.807, 2.05) is 32.0 Å². The van der Waals surface area contributed by atoms with Gasteiger partial charge in [-0.1, -0.05) is 12.1 Å². The number of benzene rings is 1. The number of rotatable bonds is 5. The first-order chi connectivity index (χ1) is 9.66. The molecule has 5 heteroatoms. The van der Waals surface area contributed by atoms with E-state index in [-0.39, 0.29) is 18.9 Å². The average Bonchev–Trinajstić information content (AvgIpc) is 2.94. The maximum absolute atomic E-state index is 11.6. The molecule has 1 aliphatic rings. The van der Waals surface area contributed by atoms with Gasteiger partial charge in [0.15, 0.2) is 6.73 Å². The zero-order valence-corrected chi connectivity index (χ0v) is 12.1. The summed E-state index contributed by atoms with van der Waals surface area (Å²) in [5, 5.41) is 5.46. The zero-order chi connectivity index (χ0) is 14.4. The molecule has 5 nitrogen and oxygen atoms in total. The van der Waals surface area contributed by atoms with Crippen LogP contribution in [0.1, 0.15) is 24.0 Å². The maximum atomic E-state index is 11.6. The first-order valence-corrected chi connectivity index (χ1v) is 6.99. The van der Waals surface area contributed by atoms with Crippen molar-refractivity contribution in [3.05, 3.63) is 29.3 Å². The number of carbonyl (C=O) groups excluding carboxylic acids is 1. The number of aryl methyl sites for hydroxylation is 1. The van der Waals surface area contributed by atoms with Crippen LogP contribution in [0.4, 0.5) is 4.79 Å². The Morgan fingerprint density at radius 1 is 1.40 bits per heavy atom. The second-order valence-electron chi connectivity index (χ2n) is 5.01. The zero-order valence-electron chi connectivity index (χ0n) is 12.1. The molecule has 1 aromatic rings. The number of nitrogens with one attached hydrogen (secondary N) is 2. The first kappa shape index (κ1) is 14.7. The molecule has 2 rings (SSSR count). The lowest BCUT2D eigenvalue weighted by Gasteiger charge is -2.13. The van der Waals surface area contributed by atoms with E-state index in [9.17, 15) is 4.79 Å². The van der Waals surface area contributed by atoms with Crippen molar-refractivity contribution >= 4 is 6.03 Å². The Morgan fingerprint density at radius 2 is 2.25 bits per heavy atom. The summed E-state index contributed by atoms with van der Waals surface area (Å²) in [4.78, 5) is 11.6. The van der Waals surface area contributed by atoms with Crippen LogP contribution in [0.5, 0.6) is 5.75 Å². The van der Waals surface area contributed by atoms with Crippen LogP contribution in [0.25, 0.3) is 0 Å². The molecule has 2 amide bonds. The van der Waals surface area contributed by atoms with E-state index in [2.05, 4.69) is 10.6 Å². The second kappa shape index (κ2) is 7.14. The molecule has 1 saturated heterocycles. The third-order valence-corrected chi connectivity index (χ3v) is 3.53. The van der Waals surface area contributed by atoms with Crippen LogP contribution in [0.15, 0.2) is 18.2 Å². The van der Waals surface area contributed by atoms with E-state index in [1.165, 1.54) is 5.56 Å². The van der Waals surface area contributed by atoms with E-state index >= 15 is 0 Å². The summed E-state index contributed by atoms with van der Waals surface area (Å²) in [6, 6.07) is 5.64. The summed E-state index contributed by atoms with van der Waals surface area (Å²) in [5.41, 5.74) is 2.26. The quantitative estimate of drug-likeness (QED) is 0.811. The Hall–Kier alpha value is -1.75. The van der Waals surface area contributed by atoms with Gasteiger partial charge in [-0.3, -0.25) is 0 Å². The molecular weight excluding hydrogens is 256 g/mol. The fourth-order valence-corrected chi connectivity index (χ4v) is 2.13. The van der Waals surface area contributed by atoms with Gasteiger partial charge in [-0.05, 0) is 43.9 Å². The molecular formula is C15H22N2O3. The SMILES string of the molecule is Cc1cccc(OCNC(=O)NCC2CCCO2)c1C. The topological polar surface area (TPSA) is 59.6 Å². The van der Waals surface area contributed by atoms with Crippen molar-refractivity contribution in [2.24, 2.45) is 0 Å². The Balaban J connectivity index is 1.67. The highest BCUT2D eigenvalue weighted by atomic mass is 16.5. The molecule has 0 saturated carbocycles. The summed E-state index contributed by atoms with van der Waals surface area (Å²) in [6.45, 7) is 5.53. The predicted octanol–water partition coefficient (Wildman–Crippen LogP) is 2.12. The van der Waals surface area contributed by atoms with Crippen molar-refractivity contribution in [1.82, 2.24) is 10.6 Å². The van der Waals surface area contributed by atoms with E-state index < -0.39 is 0 Å². The van der Waals surface area contributed by atoms with Crippen molar-refractivity contribution < 1.29 is 14.3 Å². The molecule has 2 N–H and O–H groups in total. The van der Waals surface area contributed by atoms with Crippen molar-refractivity contribution in [3.8, 4) is 5.75 Å². The van der Waals surface area contributed by atoms with Gasteiger partial charge in [-0.25, -0.2) is 4.79 Å². The first-order valence-electron chi connectivity index (χ1n) is 6.99. The molecule has 0 bridgehead atoms. The normalized spacial score (nSPS) is 17.8. The van der Waals surface area contributed by atoms with Crippen LogP contribution in [0.3, 0.4) is 0 Å². The van der Waals surface area contributed by atoms with Gasteiger partial charge in [0.2, 0.25) is 0 Å². The van der Waals surface area contributed by atoms with Crippen molar-refractivity contribution in [3.63, 3.8) is 0 Å². The van der Waals surface area contributed by atoms with Crippen molar-refractivity contribution in [2.45, 2.75) is 32.8 Å². The van der Waals surface area contributed by atoms with Crippen LogP contribution >= 0.6 is 0 Å². The number of hydrogen-bond acceptors (Lipinski definition) is 3. The minimum absolute atomic E-state index is 0.153. The van der Waals surface area contributed by atoms with Gasteiger partial charge in [0, 0.05) is 13.2 Å². The lowest BCUT2D eigenvalue weighted by Crippen LogP contribution is -2.41. The van der Waals surface area contributed by atoms with Gasteiger partial charge >= 0.3 is 6.03 Å². The lowest BCUT2D eigenvalue weighted by molar-refractivity contribution is 0.111. The number of ether oxygens (including phenoxy) is 2. The van der Waals surface area contributed by atoms with E-state index in [0.29, 0.717) is 6.54 Å². The Bertz CT molecular complexity index is 456. The van der Waals surface area contributed by atoms with Crippen LogP contribution in [-0.2, 0) is 4.74 Å². The summed E-state index contributed by atoms with van der Waals surface area (Å²) >= 11 is 0. The van der Waals surface area contributed by atoms with Crippen LogP contribution in [0, 0.1) is 13.8 Å². The third-order valence-electron chi connectivity index (χ3n) is 3.53. The highest BCUT2D eigenvalue weighted by Crippen LogP contribution is 2.19. The Kier molecular flexibility index (Phi) is 5.24. The maximum Gasteiger partial charge on any atom is 0.317 e. The molecule has 0 radical (unpaired) electrons. The second-order valence-corrected chi connectivity index (χ2v) is 5.01. The molecule has 1 unspecified atom stereocenters. The minimum atomic E-state index is -0.231. The van der Waals surface area contributed by atoms with Gasteiger partial charge < -0.3 is 20.1 Å². The molecule has 1 aliphatic heterocycles. The van der Waals surface area contributed by atoms with Gasteiger partial charge in [-0.15, -0.1) is 0 Å². The van der Waals surface area contributed by atoms with Gasteiger partial charge in [0.1, 0.15) is 5.75 Å². The van der Waals surface area contributed by atoms with Gasteiger partial charge in [-0.2, -0.15) is 0 Å². The molecule has 0 aliphatic carbocycles. The van der Waals surface area contributed by atoms with E-state index in [4.69, 9.17) is 9.47 Å². The fourth-order valence-electron chi connectivity index (χ4n) is 2.13.